The van der Waals surface area contributed by atoms with Crippen LogP contribution in [0.2, 0.25) is 0 Å². The smallest absolute Gasteiger partial charge is 0.371 e. The number of thioether (sulfide) groups is 1. The summed E-state index contributed by atoms with van der Waals surface area (Å²) in [4.78, 5) is 12.6. The SMILES string of the molecule is CSc1ccc(C(O)(C(F)(F)F)C(F)(F)C(=O)c2ccccc2)cc1. The summed E-state index contributed by atoms with van der Waals surface area (Å²) in [6.45, 7) is 0. The lowest BCUT2D eigenvalue weighted by molar-refractivity contribution is -0.324. The molecule has 0 spiro atoms. The zero-order valence-corrected chi connectivity index (χ0v) is 13.7. The van der Waals surface area contributed by atoms with E-state index < -0.39 is 34.6 Å². The maximum Gasteiger partial charge on any atom is 0.428 e. The highest BCUT2D eigenvalue weighted by molar-refractivity contribution is 7.98. The van der Waals surface area contributed by atoms with Crippen molar-refractivity contribution >= 4 is 17.5 Å². The van der Waals surface area contributed by atoms with Crippen molar-refractivity contribution in [2.24, 2.45) is 0 Å². The standard InChI is InChI=1S/C17H13F5O2S/c1-25-13-9-7-12(8-10-13)15(24,17(20,21)22)16(18,19)14(23)11-5-3-2-4-6-11/h2-10,24H,1H3. The van der Waals surface area contributed by atoms with Crippen LogP contribution in [0.1, 0.15) is 15.9 Å². The maximum absolute atomic E-state index is 14.6. The van der Waals surface area contributed by atoms with Gasteiger partial charge in [0.1, 0.15) is 0 Å². The first kappa shape index (κ1) is 19.4. The second-order valence-corrected chi connectivity index (χ2v) is 6.09. The van der Waals surface area contributed by atoms with Crippen LogP contribution in [-0.4, -0.2) is 29.2 Å². The molecule has 0 saturated heterocycles. The van der Waals surface area contributed by atoms with Crippen LogP contribution >= 0.6 is 11.8 Å². The zero-order chi connectivity index (χ0) is 18.9. The molecule has 0 aliphatic carbocycles. The monoisotopic (exact) mass is 376 g/mol. The Hall–Kier alpha value is -1.93. The molecule has 1 atom stereocenters. The molecule has 0 saturated carbocycles. The van der Waals surface area contributed by atoms with Crippen LogP contribution in [0, 0.1) is 0 Å². The second-order valence-electron chi connectivity index (χ2n) is 5.21. The van der Waals surface area contributed by atoms with Crippen molar-refractivity contribution < 1.29 is 31.9 Å². The predicted octanol–water partition coefficient (Wildman–Crippen LogP) is 4.68. The molecule has 0 heterocycles. The number of rotatable bonds is 5. The molecule has 2 nitrogen and oxygen atoms in total. The summed E-state index contributed by atoms with van der Waals surface area (Å²) in [7, 11) is 0. The van der Waals surface area contributed by atoms with Gasteiger partial charge in [-0.25, -0.2) is 0 Å². The molecular formula is C17H13F5O2S. The summed E-state index contributed by atoms with van der Waals surface area (Å²) in [6, 6.07) is 9.64. The molecule has 2 aromatic rings. The molecule has 0 aliphatic rings. The Balaban J connectivity index is 2.61. The molecule has 2 aromatic carbocycles. The van der Waals surface area contributed by atoms with Crippen molar-refractivity contribution in [1.82, 2.24) is 0 Å². The minimum Gasteiger partial charge on any atom is -0.371 e. The van der Waals surface area contributed by atoms with E-state index in [1.165, 1.54) is 42.1 Å². The van der Waals surface area contributed by atoms with Crippen LogP contribution in [0.3, 0.4) is 0 Å². The summed E-state index contributed by atoms with van der Waals surface area (Å²) < 4.78 is 69.6. The molecular weight excluding hydrogens is 363 g/mol. The third-order valence-electron chi connectivity index (χ3n) is 3.69. The van der Waals surface area contributed by atoms with Crippen LogP contribution in [0.25, 0.3) is 0 Å². The van der Waals surface area contributed by atoms with Gasteiger partial charge in [0, 0.05) is 10.5 Å². The van der Waals surface area contributed by atoms with E-state index in [9.17, 15) is 31.9 Å². The number of carbonyl (C=O) groups is 1. The molecule has 0 bridgehead atoms. The van der Waals surface area contributed by atoms with Gasteiger partial charge in [0.25, 0.3) is 5.60 Å². The molecule has 0 radical (unpaired) electrons. The number of hydrogen-bond donors (Lipinski definition) is 1. The number of carbonyl (C=O) groups excluding carboxylic acids is 1. The molecule has 134 valence electrons. The minimum absolute atomic E-state index is 0.519. The Morgan fingerprint density at radius 2 is 1.44 bits per heavy atom. The van der Waals surface area contributed by atoms with Gasteiger partial charge in [0.2, 0.25) is 5.78 Å². The largest absolute Gasteiger partial charge is 0.428 e. The van der Waals surface area contributed by atoms with Crippen molar-refractivity contribution in [3.63, 3.8) is 0 Å². The van der Waals surface area contributed by atoms with Crippen molar-refractivity contribution in [2.45, 2.75) is 22.6 Å². The Morgan fingerprint density at radius 1 is 0.920 bits per heavy atom. The first-order valence-electron chi connectivity index (χ1n) is 6.97. The van der Waals surface area contributed by atoms with Gasteiger partial charge >= 0.3 is 12.1 Å². The second kappa shape index (κ2) is 6.76. The highest BCUT2D eigenvalue weighted by Crippen LogP contribution is 2.50. The average Bonchev–Trinajstić information content (AvgIpc) is 2.60. The molecule has 8 heteroatoms. The van der Waals surface area contributed by atoms with Gasteiger partial charge < -0.3 is 5.11 Å². The number of aliphatic hydroxyl groups is 1. The first-order valence-corrected chi connectivity index (χ1v) is 8.19. The number of halogens is 5. The molecule has 0 fully saturated rings. The average molecular weight is 376 g/mol. The molecule has 25 heavy (non-hydrogen) atoms. The van der Waals surface area contributed by atoms with Crippen molar-refractivity contribution in [2.75, 3.05) is 6.26 Å². The van der Waals surface area contributed by atoms with E-state index in [1.54, 1.807) is 6.26 Å². The molecule has 0 aromatic heterocycles. The van der Waals surface area contributed by atoms with E-state index >= 15 is 0 Å². The number of ketones is 1. The Bertz CT molecular complexity index is 744. The third kappa shape index (κ3) is 3.28. The number of Topliss-reactive ketones (excluding diaryl/α,β-unsaturated/α-hetero) is 1. The summed E-state index contributed by atoms with van der Waals surface area (Å²) in [5, 5.41) is 10.0. The first-order chi connectivity index (χ1) is 11.6. The Kier molecular flexibility index (Phi) is 5.24. The number of hydrogen-bond acceptors (Lipinski definition) is 3. The number of benzene rings is 2. The van der Waals surface area contributed by atoms with Crippen LogP contribution < -0.4 is 0 Å². The highest BCUT2D eigenvalue weighted by Gasteiger charge is 2.73. The van der Waals surface area contributed by atoms with E-state index in [-0.39, 0.29) is 0 Å². The van der Waals surface area contributed by atoms with Crippen LogP contribution in [-0.2, 0) is 5.60 Å². The lowest BCUT2D eigenvalue weighted by Crippen LogP contribution is -2.59. The fraction of sp³-hybridized carbons (Fsp3) is 0.235. The van der Waals surface area contributed by atoms with Gasteiger partial charge in [-0.05, 0) is 24.0 Å². The van der Waals surface area contributed by atoms with Crippen LogP contribution in [0.5, 0.6) is 0 Å². The van der Waals surface area contributed by atoms with E-state index in [4.69, 9.17) is 0 Å². The van der Waals surface area contributed by atoms with Crippen molar-refractivity contribution in [1.29, 1.82) is 0 Å². The van der Waals surface area contributed by atoms with E-state index in [0.29, 0.717) is 4.90 Å². The van der Waals surface area contributed by atoms with Crippen molar-refractivity contribution in [3.05, 3.63) is 65.7 Å². The third-order valence-corrected chi connectivity index (χ3v) is 4.44. The van der Waals surface area contributed by atoms with E-state index in [1.807, 2.05) is 0 Å². The fourth-order valence-electron chi connectivity index (χ4n) is 2.29. The normalized spacial score (nSPS) is 14.8. The number of alkyl halides is 5. The van der Waals surface area contributed by atoms with Crippen LogP contribution in [0.15, 0.2) is 59.5 Å². The topological polar surface area (TPSA) is 37.3 Å². The van der Waals surface area contributed by atoms with Gasteiger partial charge in [-0.2, -0.15) is 22.0 Å². The summed E-state index contributed by atoms with van der Waals surface area (Å²) in [6.07, 6.45) is -4.12. The van der Waals surface area contributed by atoms with Gasteiger partial charge in [0.05, 0.1) is 0 Å². The van der Waals surface area contributed by atoms with Gasteiger partial charge in [-0.1, -0.05) is 42.5 Å². The Morgan fingerprint density at radius 3 is 1.88 bits per heavy atom. The molecule has 0 amide bonds. The van der Waals surface area contributed by atoms with Gasteiger partial charge in [-0.3, -0.25) is 4.79 Å². The lowest BCUT2D eigenvalue weighted by Gasteiger charge is -2.36. The van der Waals surface area contributed by atoms with Gasteiger partial charge in [0.15, 0.2) is 0 Å². The highest BCUT2D eigenvalue weighted by atomic mass is 32.2. The quantitative estimate of drug-likeness (QED) is 0.468. The fourth-order valence-corrected chi connectivity index (χ4v) is 2.70. The molecule has 2 rings (SSSR count). The predicted molar refractivity (Wildman–Crippen MR) is 83.9 cm³/mol. The molecule has 1 N–H and O–H groups in total. The van der Waals surface area contributed by atoms with Crippen molar-refractivity contribution in [3.8, 4) is 0 Å². The molecule has 0 aliphatic heterocycles. The zero-order valence-electron chi connectivity index (χ0n) is 12.8. The summed E-state index contributed by atoms with van der Waals surface area (Å²) in [5.74, 6) is -7.23. The van der Waals surface area contributed by atoms with Gasteiger partial charge in [-0.15, -0.1) is 11.8 Å². The summed E-state index contributed by atoms with van der Waals surface area (Å²) in [5.41, 5.74) is -6.38. The van der Waals surface area contributed by atoms with E-state index in [0.717, 1.165) is 24.3 Å². The molecule has 1 unspecified atom stereocenters. The Labute approximate surface area is 144 Å². The van der Waals surface area contributed by atoms with E-state index in [2.05, 4.69) is 0 Å². The maximum atomic E-state index is 14.6. The minimum atomic E-state index is -5.78. The lowest BCUT2D eigenvalue weighted by atomic mass is 9.82. The summed E-state index contributed by atoms with van der Waals surface area (Å²) >= 11 is 1.19. The van der Waals surface area contributed by atoms with Crippen LogP contribution in [0.4, 0.5) is 22.0 Å².